The quantitative estimate of drug-likeness (QED) is 0.668. The molecule has 3 nitrogen and oxygen atoms in total. The fourth-order valence-corrected chi connectivity index (χ4v) is 0.605. The molecule has 2 N–H and O–H groups in total. The zero-order valence-corrected chi connectivity index (χ0v) is 5.28. The van der Waals surface area contributed by atoms with Crippen LogP contribution in [0.15, 0.2) is 30.3 Å². The van der Waals surface area contributed by atoms with Crippen molar-refractivity contribution in [2.45, 2.75) is 7.43 Å². The van der Waals surface area contributed by atoms with Crippen LogP contribution in [0, 0.1) is 0 Å². The number of para-hydroxylation sites is 1. The summed E-state index contributed by atoms with van der Waals surface area (Å²) in [7, 11) is 0. The number of amides is 1. The lowest BCUT2D eigenvalue weighted by atomic mass is 10.3. The molecule has 1 aromatic carbocycles. The van der Waals surface area contributed by atoms with Crippen molar-refractivity contribution in [1.29, 1.82) is 0 Å². The Morgan fingerprint density at radius 2 is 1.82 bits per heavy atom. The molecule has 1 rings (SSSR count). The molecule has 0 aliphatic heterocycles. The van der Waals surface area contributed by atoms with Crippen molar-refractivity contribution in [3.8, 4) is 5.75 Å². The Kier molecular flexibility index (Phi) is 3.73. The molecule has 1 aromatic rings. The van der Waals surface area contributed by atoms with Gasteiger partial charge in [0.25, 0.3) is 0 Å². The van der Waals surface area contributed by atoms with Crippen LogP contribution in [0.5, 0.6) is 5.75 Å². The van der Waals surface area contributed by atoms with Crippen LogP contribution in [0.1, 0.15) is 7.43 Å². The van der Waals surface area contributed by atoms with Crippen molar-refractivity contribution < 1.29 is 9.53 Å². The van der Waals surface area contributed by atoms with Crippen LogP contribution in [0.3, 0.4) is 0 Å². The number of hydrogen-bond donors (Lipinski definition) is 1. The zero-order chi connectivity index (χ0) is 7.40. The summed E-state index contributed by atoms with van der Waals surface area (Å²) >= 11 is 0. The number of hydrogen-bond acceptors (Lipinski definition) is 2. The Morgan fingerprint density at radius 1 is 1.27 bits per heavy atom. The van der Waals surface area contributed by atoms with Gasteiger partial charge in [-0.1, -0.05) is 25.6 Å². The number of ether oxygens (including phenoxy) is 1. The van der Waals surface area contributed by atoms with E-state index in [9.17, 15) is 4.79 Å². The van der Waals surface area contributed by atoms with Gasteiger partial charge in [-0.15, -0.1) is 0 Å². The predicted octanol–water partition coefficient (Wildman–Crippen LogP) is 1.78. The van der Waals surface area contributed by atoms with Crippen LogP contribution >= 0.6 is 0 Å². The normalized spacial score (nSPS) is 8.00. The van der Waals surface area contributed by atoms with Gasteiger partial charge >= 0.3 is 6.09 Å². The summed E-state index contributed by atoms with van der Waals surface area (Å²) in [6, 6.07) is 8.67. The number of rotatable bonds is 1. The topological polar surface area (TPSA) is 52.3 Å². The van der Waals surface area contributed by atoms with Crippen LogP contribution in [0.4, 0.5) is 4.79 Å². The number of primary amides is 1. The Bertz CT molecular complexity index is 221. The van der Waals surface area contributed by atoms with Crippen LogP contribution in [0.25, 0.3) is 0 Å². The van der Waals surface area contributed by atoms with Crippen molar-refractivity contribution in [2.75, 3.05) is 0 Å². The van der Waals surface area contributed by atoms with E-state index in [1.165, 1.54) is 0 Å². The second-order valence-electron chi connectivity index (χ2n) is 1.73. The molecule has 0 aliphatic carbocycles. The number of carbonyl (C=O) groups is 1. The second-order valence-corrected chi connectivity index (χ2v) is 1.73. The first-order valence-corrected chi connectivity index (χ1v) is 2.81. The Balaban J connectivity index is 0.000001000. The molecule has 0 spiro atoms. The van der Waals surface area contributed by atoms with E-state index in [1.807, 2.05) is 6.07 Å². The maximum atomic E-state index is 10.2. The zero-order valence-electron chi connectivity index (χ0n) is 5.28. The van der Waals surface area contributed by atoms with Gasteiger partial charge in [0.15, 0.2) is 0 Å². The second kappa shape index (κ2) is 4.33. The smallest absolute Gasteiger partial charge is 0.409 e. The summed E-state index contributed by atoms with van der Waals surface area (Å²) in [6.07, 6.45) is -0.786. The first-order chi connectivity index (χ1) is 4.79. The molecule has 0 saturated heterocycles. The SMILES string of the molecule is C.NC(=O)Oc1ccccc1. The number of carbonyl (C=O) groups excluding carboxylic acids is 1. The molecule has 0 unspecified atom stereocenters. The van der Waals surface area contributed by atoms with Gasteiger partial charge < -0.3 is 10.5 Å². The molecule has 0 atom stereocenters. The van der Waals surface area contributed by atoms with Crippen molar-refractivity contribution in [1.82, 2.24) is 0 Å². The highest BCUT2D eigenvalue weighted by Gasteiger charge is 1.93. The maximum Gasteiger partial charge on any atom is 0.409 e. The van der Waals surface area contributed by atoms with Gasteiger partial charge in [0.2, 0.25) is 0 Å². The largest absolute Gasteiger partial charge is 0.411 e. The van der Waals surface area contributed by atoms with Crippen molar-refractivity contribution in [2.24, 2.45) is 5.73 Å². The maximum absolute atomic E-state index is 10.2. The van der Waals surface area contributed by atoms with E-state index in [1.54, 1.807) is 24.3 Å². The van der Waals surface area contributed by atoms with Crippen LogP contribution in [-0.4, -0.2) is 6.09 Å². The summed E-state index contributed by atoms with van der Waals surface area (Å²) in [6.45, 7) is 0. The first kappa shape index (κ1) is 9.49. The summed E-state index contributed by atoms with van der Waals surface area (Å²) < 4.78 is 4.55. The Labute approximate surface area is 65.8 Å². The fraction of sp³-hybridized carbons (Fsp3) is 0.125. The Morgan fingerprint density at radius 3 is 2.27 bits per heavy atom. The molecule has 0 fully saturated rings. The van der Waals surface area contributed by atoms with Gasteiger partial charge in [0.05, 0.1) is 0 Å². The average molecular weight is 153 g/mol. The molecule has 0 bridgehead atoms. The molecule has 60 valence electrons. The molecular weight excluding hydrogens is 142 g/mol. The number of benzene rings is 1. The first-order valence-electron chi connectivity index (χ1n) is 2.81. The van der Waals surface area contributed by atoms with Gasteiger partial charge in [-0.05, 0) is 12.1 Å². The molecule has 11 heavy (non-hydrogen) atoms. The Hall–Kier alpha value is -1.51. The molecular formula is C8H11NO2. The van der Waals surface area contributed by atoms with Crippen molar-refractivity contribution in [3.63, 3.8) is 0 Å². The monoisotopic (exact) mass is 153 g/mol. The van der Waals surface area contributed by atoms with E-state index in [0.29, 0.717) is 5.75 Å². The standard InChI is InChI=1S/C7H7NO2.CH4/c8-7(9)10-6-4-2-1-3-5-6;/h1-5H,(H2,8,9);1H4. The van der Waals surface area contributed by atoms with E-state index >= 15 is 0 Å². The average Bonchev–Trinajstić information content (AvgIpc) is 1.88. The molecule has 1 amide bonds. The summed E-state index contributed by atoms with van der Waals surface area (Å²) in [5, 5.41) is 0. The summed E-state index contributed by atoms with van der Waals surface area (Å²) in [5.74, 6) is 0.468. The summed E-state index contributed by atoms with van der Waals surface area (Å²) in [4.78, 5) is 10.2. The minimum atomic E-state index is -0.786. The van der Waals surface area contributed by atoms with Crippen LogP contribution in [0.2, 0.25) is 0 Å². The fourth-order valence-electron chi connectivity index (χ4n) is 0.605. The van der Waals surface area contributed by atoms with Crippen molar-refractivity contribution in [3.05, 3.63) is 30.3 Å². The van der Waals surface area contributed by atoms with Crippen LogP contribution in [-0.2, 0) is 0 Å². The minimum absolute atomic E-state index is 0. The predicted molar refractivity (Wildman–Crippen MR) is 43.4 cm³/mol. The highest BCUT2D eigenvalue weighted by molar-refractivity contribution is 5.67. The highest BCUT2D eigenvalue weighted by Crippen LogP contribution is 2.07. The molecule has 0 saturated carbocycles. The molecule has 0 aliphatic rings. The third-order valence-electron chi connectivity index (χ3n) is 0.962. The molecule has 3 heteroatoms. The third-order valence-corrected chi connectivity index (χ3v) is 0.962. The van der Waals surface area contributed by atoms with Crippen LogP contribution < -0.4 is 10.5 Å². The van der Waals surface area contributed by atoms with Gasteiger partial charge in [0, 0.05) is 0 Å². The van der Waals surface area contributed by atoms with Gasteiger partial charge in [-0.2, -0.15) is 0 Å². The van der Waals surface area contributed by atoms with Gasteiger partial charge in [-0.25, -0.2) is 4.79 Å². The van der Waals surface area contributed by atoms with Gasteiger partial charge in [-0.3, -0.25) is 0 Å². The van der Waals surface area contributed by atoms with E-state index in [0.717, 1.165) is 0 Å². The molecule has 0 heterocycles. The lowest BCUT2D eigenvalue weighted by molar-refractivity contribution is 0.211. The highest BCUT2D eigenvalue weighted by atomic mass is 16.5. The third kappa shape index (κ3) is 3.25. The minimum Gasteiger partial charge on any atom is -0.411 e. The lowest BCUT2D eigenvalue weighted by Gasteiger charge is -1.96. The molecule has 0 radical (unpaired) electrons. The number of nitrogens with two attached hydrogens (primary N) is 1. The van der Waals surface area contributed by atoms with E-state index in [4.69, 9.17) is 5.73 Å². The van der Waals surface area contributed by atoms with E-state index in [2.05, 4.69) is 4.74 Å². The van der Waals surface area contributed by atoms with Gasteiger partial charge in [0.1, 0.15) is 5.75 Å². The van der Waals surface area contributed by atoms with E-state index < -0.39 is 6.09 Å². The van der Waals surface area contributed by atoms with E-state index in [-0.39, 0.29) is 7.43 Å². The lowest BCUT2D eigenvalue weighted by Crippen LogP contribution is -2.15. The summed E-state index contributed by atoms with van der Waals surface area (Å²) in [5.41, 5.74) is 4.76. The molecule has 0 aromatic heterocycles. The van der Waals surface area contributed by atoms with Crippen molar-refractivity contribution >= 4 is 6.09 Å².